The Morgan fingerprint density at radius 2 is 1.72 bits per heavy atom. The van der Waals surface area contributed by atoms with E-state index in [2.05, 4.69) is 0 Å². The van der Waals surface area contributed by atoms with Crippen molar-refractivity contribution in [2.45, 2.75) is 20.8 Å². The molecule has 0 spiro atoms. The molecule has 0 aromatic carbocycles. The molecular formula is C12H19N3O3. The van der Waals surface area contributed by atoms with E-state index in [1.165, 1.54) is 0 Å². The molecule has 0 aromatic heterocycles. The Labute approximate surface area is 107 Å². The molecule has 1 saturated heterocycles. The second-order valence-corrected chi connectivity index (χ2v) is 4.71. The summed E-state index contributed by atoms with van der Waals surface area (Å²) in [6.45, 7) is 7.11. The molecule has 0 unspecified atom stereocenters. The van der Waals surface area contributed by atoms with Crippen molar-refractivity contribution < 1.29 is 14.3 Å². The van der Waals surface area contributed by atoms with Crippen LogP contribution in [-0.4, -0.2) is 54.6 Å². The third-order valence-corrected chi connectivity index (χ3v) is 2.91. The van der Waals surface area contributed by atoms with Crippen molar-refractivity contribution >= 4 is 12.0 Å². The van der Waals surface area contributed by atoms with Crippen LogP contribution in [0, 0.1) is 16.7 Å². The fourth-order valence-corrected chi connectivity index (χ4v) is 1.75. The molecule has 0 saturated carbocycles. The molecule has 0 aliphatic carbocycles. The Kier molecular flexibility index (Phi) is 4.54. The van der Waals surface area contributed by atoms with Gasteiger partial charge in [0.1, 0.15) is 5.41 Å². The van der Waals surface area contributed by atoms with E-state index in [0.717, 1.165) is 0 Å². The summed E-state index contributed by atoms with van der Waals surface area (Å²) in [6, 6.07) is 2.00. The number of hydrogen-bond donors (Lipinski definition) is 0. The molecule has 0 aromatic rings. The van der Waals surface area contributed by atoms with Gasteiger partial charge in [-0.3, -0.25) is 4.79 Å². The van der Waals surface area contributed by atoms with Gasteiger partial charge in [-0.15, -0.1) is 0 Å². The molecule has 100 valence electrons. The van der Waals surface area contributed by atoms with Crippen molar-refractivity contribution in [1.29, 1.82) is 5.26 Å². The van der Waals surface area contributed by atoms with Crippen LogP contribution in [0.5, 0.6) is 0 Å². The lowest BCUT2D eigenvalue weighted by Crippen LogP contribution is -2.53. The van der Waals surface area contributed by atoms with Crippen LogP contribution in [-0.2, 0) is 9.53 Å². The van der Waals surface area contributed by atoms with Crippen LogP contribution in [0.4, 0.5) is 4.79 Å². The Morgan fingerprint density at radius 1 is 1.22 bits per heavy atom. The van der Waals surface area contributed by atoms with Gasteiger partial charge in [0.15, 0.2) is 0 Å². The minimum atomic E-state index is -1.01. The first-order chi connectivity index (χ1) is 8.42. The van der Waals surface area contributed by atoms with E-state index in [9.17, 15) is 9.59 Å². The van der Waals surface area contributed by atoms with E-state index in [1.807, 2.05) is 6.07 Å². The smallest absolute Gasteiger partial charge is 0.409 e. The van der Waals surface area contributed by atoms with Crippen LogP contribution in [0.1, 0.15) is 20.8 Å². The van der Waals surface area contributed by atoms with Gasteiger partial charge < -0.3 is 14.5 Å². The SMILES string of the molecule is CCOC(=O)N1CCN(C(=O)C(C)(C)C#N)CC1. The molecule has 6 nitrogen and oxygen atoms in total. The van der Waals surface area contributed by atoms with Crippen LogP contribution in [0.2, 0.25) is 0 Å². The molecular weight excluding hydrogens is 234 g/mol. The maximum atomic E-state index is 12.0. The second-order valence-electron chi connectivity index (χ2n) is 4.71. The number of carbonyl (C=O) groups is 2. The largest absolute Gasteiger partial charge is 0.450 e. The molecule has 0 bridgehead atoms. The van der Waals surface area contributed by atoms with Gasteiger partial charge in [0, 0.05) is 26.2 Å². The molecule has 1 heterocycles. The maximum absolute atomic E-state index is 12.0. The summed E-state index contributed by atoms with van der Waals surface area (Å²) in [5.74, 6) is -0.187. The fourth-order valence-electron chi connectivity index (χ4n) is 1.75. The molecule has 0 N–H and O–H groups in total. The van der Waals surface area contributed by atoms with Gasteiger partial charge in [-0.1, -0.05) is 0 Å². The van der Waals surface area contributed by atoms with Crippen LogP contribution >= 0.6 is 0 Å². The van der Waals surface area contributed by atoms with Crippen molar-refractivity contribution in [3.63, 3.8) is 0 Å². The number of nitrogens with zero attached hydrogens (tertiary/aromatic N) is 3. The van der Waals surface area contributed by atoms with Gasteiger partial charge in [0.25, 0.3) is 0 Å². The van der Waals surface area contributed by atoms with E-state index < -0.39 is 5.41 Å². The lowest BCUT2D eigenvalue weighted by atomic mass is 9.93. The van der Waals surface area contributed by atoms with Crippen molar-refractivity contribution in [3.8, 4) is 6.07 Å². The zero-order chi connectivity index (χ0) is 13.8. The molecule has 6 heteroatoms. The van der Waals surface area contributed by atoms with E-state index in [4.69, 9.17) is 10.00 Å². The third-order valence-electron chi connectivity index (χ3n) is 2.91. The maximum Gasteiger partial charge on any atom is 0.409 e. The quantitative estimate of drug-likeness (QED) is 0.730. The van der Waals surface area contributed by atoms with E-state index in [0.29, 0.717) is 32.8 Å². The van der Waals surface area contributed by atoms with Gasteiger partial charge in [-0.25, -0.2) is 4.79 Å². The molecule has 1 fully saturated rings. The number of ether oxygens (including phenoxy) is 1. The third kappa shape index (κ3) is 3.13. The summed E-state index contributed by atoms with van der Waals surface area (Å²) in [6.07, 6.45) is -0.343. The van der Waals surface area contributed by atoms with Gasteiger partial charge in [-0.05, 0) is 20.8 Å². The van der Waals surface area contributed by atoms with Gasteiger partial charge in [-0.2, -0.15) is 5.26 Å². The lowest BCUT2D eigenvalue weighted by Gasteiger charge is -2.36. The first kappa shape index (κ1) is 14.3. The standard InChI is InChI=1S/C12H19N3O3/c1-4-18-11(17)15-7-5-14(6-8-15)10(16)12(2,3)9-13/h4-8H2,1-3H3. The summed E-state index contributed by atoms with van der Waals surface area (Å²) in [4.78, 5) is 26.7. The molecule has 1 rings (SSSR count). The molecule has 1 aliphatic heterocycles. The van der Waals surface area contributed by atoms with Gasteiger partial charge in [0.2, 0.25) is 5.91 Å². The Hall–Kier alpha value is -1.77. The minimum Gasteiger partial charge on any atom is -0.450 e. The Morgan fingerprint density at radius 3 is 2.17 bits per heavy atom. The van der Waals surface area contributed by atoms with Gasteiger partial charge >= 0.3 is 6.09 Å². The average Bonchev–Trinajstić information content (AvgIpc) is 2.38. The summed E-state index contributed by atoms with van der Waals surface area (Å²) < 4.78 is 4.90. The minimum absolute atomic E-state index is 0.187. The number of rotatable bonds is 2. The Balaban J connectivity index is 2.52. The predicted molar refractivity (Wildman–Crippen MR) is 64.6 cm³/mol. The first-order valence-electron chi connectivity index (χ1n) is 6.04. The van der Waals surface area contributed by atoms with Crippen LogP contribution in [0.3, 0.4) is 0 Å². The van der Waals surface area contributed by atoms with Crippen molar-refractivity contribution in [1.82, 2.24) is 9.80 Å². The van der Waals surface area contributed by atoms with Crippen LogP contribution in [0.25, 0.3) is 0 Å². The van der Waals surface area contributed by atoms with Gasteiger partial charge in [0.05, 0.1) is 12.7 Å². The monoisotopic (exact) mass is 253 g/mol. The summed E-state index contributed by atoms with van der Waals surface area (Å²) >= 11 is 0. The fraction of sp³-hybridized carbons (Fsp3) is 0.750. The molecule has 0 atom stereocenters. The number of nitriles is 1. The summed E-state index contributed by atoms with van der Waals surface area (Å²) in [5, 5.41) is 8.92. The highest BCUT2D eigenvalue weighted by Gasteiger charge is 2.34. The van der Waals surface area contributed by atoms with Crippen LogP contribution < -0.4 is 0 Å². The molecule has 18 heavy (non-hydrogen) atoms. The zero-order valence-electron chi connectivity index (χ0n) is 11.1. The highest BCUT2D eigenvalue weighted by Crippen LogP contribution is 2.18. The number of amides is 2. The van der Waals surface area contributed by atoms with Crippen molar-refractivity contribution in [2.75, 3.05) is 32.8 Å². The van der Waals surface area contributed by atoms with E-state index in [-0.39, 0.29) is 12.0 Å². The highest BCUT2D eigenvalue weighted by atomic mass is 16.6. The predicted octanol–water partition coefficient (Wildman–Crippen LogP) is 0.837. The lowest BCUT2D eigenvalue weighted by molar-refractivity contribution is -0.139. The van der Waals surface area contributed by atoms with Crippen molar-refractivity contribution in [3.05, 3.63) is 0 Å². The molecule has 1 aliphatic rings. The Bertz CT molecular complexity index is 365. The number of carbonyl (C=O) groups excluding carboxylic acids is 2. The zero-order valence-corrected chi connectivity index (χ0v) is 11.1. The van der Waals surface area contributed by atoms with Crippen molar-refractivity contribution in [2.24, 2.45) is 5.41 Å². The highest BCUT2D eigenvalue weighted by molar-refractivity contribution is 5.84. The molecule has 2 amide bonds. The number of piperazine rings is 1. The average molecular weight is 253 g/mol. The normalized spacial score (nSPS) is 16.1. The second kappa shape index (κ2) is 5.71. The van der Waals surface area contributed by atoms with Crippen LogP contribution in [0.15, 0.2) is 0 Å². The first-order valence-corrected chi connectivity index (χ1v) is 6.04. The summed E-state index contributed by atoms with van der Waals surface area (Å²) in [7, 11) is 0. The summed E-state index contributed by atoms with van der Waals surface area (Å²) in [5.41, 5.74) is -1.01. The van der Waals surface area contributed by atoms with E-state index in [1.54, 1.807) is 30.6 Å². The number of hydrogen-bond acceptors (Lipinski definition) is 4. The molecule has 0 radical (unpaired) electrons. The van der Waals surface area contributed by atoms with E-state index >= 15 is 0 Å². The topological polar surface area (TPSA) is 73.6 Å².